The maximum absolute atomic E-state index is 15.1. The Balaban J connectivity index is 1.29. The van der Waals surface area contributed by atoms with Crippen molar-refractivity contribution in [1.29, 1.82) is 0 Å². The van der Waals surface area contributed by atoms with E-state index in [9.17, 15) is 9.59 Å². The first-order valence-corrected chi connectivity index (χ1v) is 11.4. The maximum atomic E-state index is 15.1. The van der Waals surface area contributed by atoms with Crippen molar-refractivity contribution in [2.24, 2.45) is 7.05 Å². The second-order valence-electron chi connectivity index (χ2n) is 8.78. The number of H-pyrrole nitrogens is 1. The summed E-state index contributed by atoms with van der Waals surface area (Å²) in [5, 5.41) is 14.9. The number of nitrogens with zero attached hydrogens (tertiary/aromatic N) is 4. The number of aryl methyl sites for hydroxylation is 1. The van der Waals surface area contributed by atoms with Gasteiger partial charge in [0.05, 0.1) is 34.2 Å². The van der Waals surface area contributed by atoms with Crippen molar-refractivity contribution in [3.8, 4) is 11.1 Å². The normalized spacial score (nSPS) is 18.9. The van der Waals surface area contributed by atoms with E-state index in [2.05, 4.69) is 20.6 Å². The van der Waals surface area contributed by atoms with Gasteiger partial charge in [0.2, 0.25) is 0 Å². The molecule has 2 aliphatic heterocycles. The van der Waals surface area contributed by atoms with Gasteiger partial charge in [-0.25, -0.2) is 14.3 Å². The second-order valence-corrected chi connectivity index (χ2v) is 9.19. The number of fused-ring (bicyclic) bond motifs is 5. The third-order valence-electron chi connectivity index (χ3n) is 6.79. The Morgan fingerprint density at radius 2 is 2.09 bits per heavy atom. The number of urea groups is 1. The van der Waals surface area contributed by atoms with Crippen molar-refractivity contribution in [3.05, 3.63) is 75.0 Å². The summed E-state index contributed by atoms with van der Waals surface area (Å²) in [6.07, 6.45) is 3.85. The summed E-state index contributed by atoms with van der Waals surface area (Å²) < 4.78 is 16.9. The molecule has 2 amide bonds. The number of hydrogen-bond acceptors (Lipinski definition) is 4. The van der Waals surface area contributed by atoms with Gasteiger partial charge in [-0.15, -0.1) is 0 Å². The first-order chi connectivity index (χ1) is 16.4. The van der Waals surface area contributed by atoms with Crippen LogP contribution in [0.4, 0.5) is 14.9 Å². The van der Waals surface area contributed by atoms with E-state index in [0.29, 0.717) is 22.7 Å². The summed E-state index contributed by atoms with van der Waals surface area (Å²) in [6, 6.07) is 9.26. The number of carbonyl (C=O) groups excluding carboxylic acids is 1. The molecule has 2 aromatic carbocycles. The number of halogens is 2. The lowest BCUT2D eigenvalue weighted by atomic mass is 9.99. The van der Waals surface area contributed by atoms with Crippen molar-refractivity contribution < 1.29 is 9.18 Å². The molecule has 172 valence electrons. The van der Waals surface area contributed by atoms with Gasteiger partial charge in [-0.2, -0.15) is 10.2 Å². The quantitative estimate of drug-likeness (QED) is 0.446. The van der Waals surface area contributed by atoms with Crippen LogP contribution in [0.5, 0.6) is 0 Å². The second kappa shape index (κ2) is 7.66. The first-order valence-electron chi connectivity index (χ1n) is 11.0. The van der Waals surface area contributed by atoms with E-state index < -0.39 is 11.8 Å². The molecule has 10 heteroatoms. The van der Waals surface area contributed by atoms with Crippen LogP contribution in [0.1, 0.15) is 30.1 Å². The Morgan fingerprint density at radius 3 is 2.94 bits per heavy atom. The summed E-state index contributed by atoms with van der Waals surface area (Å²) >= 11 is 6.52. The van der Waals surface area contributed by atoms with Crippen LogP contribution >= 0.6 is 11.6 Å². The van der Waals surface area contributed by atoms with Gasteiger partial charge in [0.25, 0.3) is 5.56 Å². The number of anilines is 1. The van der Waals surface area contributed by atoms with Crippen LogP contribution in [-0.2, 0) is 13.5 Å². The van der Waals surface area contributed by atoms with Crippen LogP contribution in [0.2, 0.25) is 5.02 Å². The van der Waals surface area contributed by atoms with E-state index in [1.807, 2.05) is 25.2 Å². The maximum Gasteiger partial charge on any atom is 0.322 e. The van der Waals surface area contributed by atoms with Crippen LogP contribution in [0.25, 0.3) is 22.0 Å². The Morgan fingerprint density at radius 1 is 1.24 bits per heavy atom. The Kier molecular flexibility index (Phi) is 4.70. The minimum absolute atomic E-state index is 0.0139. The van der Waals surface area contributed by atoms with Crippen LogP contribution < -0.4 is 10.9 Å². The highest BCUT2D eigenvalue weighted by molar-refractivity contribution is 6.33. The number of amides is 2. The Hall–Kier alpha value is -3.72. The van der Waals surface area contributed by atoms with Gasteiger partial charge in [-0.05, 0) is 48.6 Å². The molecule has 0 spiro atoms. The van der Waals surface area contributed by atoms with Gasteiger partial charge in [0, 0.05) is 30.1 Å². The molecule has 2 aliphatic rings. The highest BCUT2D eigenvalue weighted by Gasteiger charge is 2.44. The molecule has 0 saturated carbocycles. The fraction of sp³-hybridized carbons (Fsp3) is 0.250. The number of carbonyl (C=O) groups is 1. The zero-order valence-corrected chi connectivity index (χ0v) is 18.9. The van der Waals surface area contributed by atoms with Crippen molar-refractivity contribution in [3.63, 3.8) is 0 Å². The minimum atomic E-state index is -0.579. The SMILES string of the molecule is Cn1ncc2ccc(-c3cc(F)c(NC(=O)N4[C@H]5CC[C@@H]4c4n[nH]c(=O)cc4C5)cc3Cl)cc21. The third kappa shape index (κ3) is 3.27. The predicted molar refractivity (Wildman–Crippen MR) is 126 cm³/mol. The van der Waals surface area contributed by atoms with Gasteiger partial charge in [-0.1, -0.05) is 23.7 Å². The highest BCUT2D eigenvalue weighted by atomic mass is 35.5. The van der Waals surface area contributed by atoms with Crippen LogP contribution in [-0.4, -0.2) is 37.0 Å². The van der Waals surface area contributed by atoms with Crippen molar-refractivity contribution in [2.45, 2.75) is 31.3 Å². The molecule has 0 unspecified atom stereocenters. The lowest BCUT2D eigenvalue weighted by Crippen LogP contribution is -2.45. The lowest BCUT2D eigenvalue weighted by Gasteiger charge is -2.35. The number of hydrogen-bond donors (Lipinski definition) is 2. The molecule has 4 aromatic rings. The van der Waals surface area contributed by atoms with Crippen molar-refractivity contribution >= 4 is 34.2 Å². The van der Waals surface area contributed by atoms with Crippen LogP contribution in [0, 0.1) is 5.82 Å². The van der Waals surface area contributed by atoms with E-state index in [4.69, 9.17) is 11.6 Å². The van der Waals surface area contributed by atoms with E-state index in [0.717, 1.165) is 34.9 Å². The molecule has 34 heavy (non-hydrogen) atoms. The fourth-order valence-corrected chi connectivity index (χ4v) is 5.44. The zero-order chi connectivity index (χ0) is 23.6. The predicted octanol–water partition coefficient (Wildman–Crippen LogP) is 4.41. The van der Waals surface area contributed by atoms with Crippen molar-refractivity contribution in [2.75, 3.05) is 5.32 Å². The highest BCUT2D eigenvalue weighted by Crippen LogP contribution is 2.43. The largest absolute Gasteiger partial charge is 0.322 e. The van der Waals surface area contributed by atoms with E-state index >= 15 is 4.39 Å². The fourth-order valence-electron chi connectivity index (χ4n) is 5.17. The molecular weight excluding hydrogens is 459 g/mol. The van der Waals surface area contributed by atoms with Gasteiger partial charge >= 0.3 is 6.03 Å². The molecule has 0 aliphatic carbocycles. The van der Waals surface area contributed by atoms with E-state index in [1.165, 1.54) is 12.1 Å². The summed E-state index contributed by atoms with van der Waals surface area (Å²) in [7, 11) is 1.84. The van der Waals surface area contributed by atoms with Gasteiger partial charge < -0.3 is 10.2 Å². The molecule has 8 nitrogen and oxygen atoms in total. The molecule has 2 aromatic heterocycles. The lowest BCUT2D eigenvalue weighted by molar-refractivity contribution is 0.177. The summed E-state index contributed by atoms with van der Waals surface area (Å²) in [6.45, 7) is 0. The number of aromatic amines is 1. The van der Waals surface area contributed by atoms with E-state index in [1.54, 1.807) is 21.8 Å². The number of nitrogens with one attached hydrogen (secondary N) is 2. The molecule has 6 rings (SSSR count). The van der Waals surface area contributed by atoms with Gasteiger partial charge in [-0.3, -0.25) is 9.48 Å². The number of benzene rings is 2. The Bertz CT molecular complexity index is 1530. The summed E-state index contributed by atoms with van der Waals surface area (Å²) in [5.74, 6) is -0.579. The minimum Gasteiger partial charge on any atom is -0.313 e. The molecule has 2 N–H and O–H groups in total. The summed E-state index contributed by atoms with van der Waals surface area (Å²) in [5.41, 5.74) is 3.51. The molecule has 2 atom stereocenters. The zero-order valence-electron chi connectivity index (χ0n) is 18.2. The Labute approximate surface area is 198 Å². The number of rotatable bonds is 2. The molecule has 0 radical (unpaired) electrons. The average molecular weight is 479 g/mol. The molecule has 1 saturated heterocycles. The third-order valence-corrected chi connectivity index (χ3v) is 7.10. The van der Waals surface area contributed by atoms with E-state index in [-0.39, 0.29) is 23.3 Å². The average Bonchev–Trinajstić information content (AvgIpc) is 3.34. The molecule has 2 bridgehead atoms. The standard InChI is InChI=1S/C24H20ClFN6O2/c1-31-21-7-12(2-3-13(21)11-27-31)16-9-18(26)19(10-17(16)25)28-24(34)32-15-4-5-20(32)23-14(6-15)8-22(33)29-30-23/h2-3,7-11,15,20H,4-6H2,1H3,(H,28,34)(H,29,33)/t15-,20+/m0/s1. The molecule has 4 heterocycles. The summed E-state index contributed by atoms with van der Waals surface area (Å²) in [4.78, 5) is 26.5. The molecular formula is C24H20ClFN6O2. The molecule has 1 fully saturated rings. The van der Waals surface area contributed by atoms with Gasteiger partial charge in [0.15, 0.2) is 0 Å². The topological polar surface area (TPSA) is 95.9 Å². The van der Waals surface area contributed by atoms with Gasteiger partial charge in [0.1, 0.15) is 5.82 Å². The smallest absolute Gasteiger partial charge is 0.313 e. The van der Waals surface area contributed by atoms with Crippen LogP contribution in [0.3, 0.4) is 0 Å². The monoisotopic (exact) mass is 478 g/mol. The number of aromatic nitrogens is 4. The van der Waals surface area contributed by atoms with Crippen LogP contribution in [0.15, 0.2) is 47.4 Å². The first kappa shape index (κ1) is 20.9. The van der Waals surface area contributed by atoms with Crippen molar-refractivity contribution in [1.82, 2.24) is 24.9 Å².